The molecule has 7 nitrogen and oxygen atoms in total. The molecule has 2 aromatic heterocycles. The molecule has 21 heavy (non-hydrogen) atoms. The van der Waals surface area contributed by atoms with Crippen LogP contribution >= 0.6 is 0 Å². The summed E-state index contributed by atoms with van der Waals surface area (Å²) >= 11 is 0. The predicted octanol–water partition coefficient (Wildman–Crippen LogP) is 1.20. The largest absolute Gasteiger partial charge is 0.342 e. The van der Waals surface area contributed by atoms with Gasteiger partial charge in [0.1, 0.15) is 12.2 Å². The van der Waals surface area contributed by atoms with E-state index in [1.807, 2.05) is 37.5 Å². The fraction of sp³-hybridized carbons (Fsp3) is 0.286. The summed E-state index contributed by atoms with van der Waals surface area (Å²) in [6.07, 6.45) is 5.45. The van der Waals surface area contributed by atoms with Crippen LogP contribution in [0.4, 0.5) is 0 Å². The molecule has 0 aliphatic heterocycles. The van der Waals surface area contributed by atoms with Crippen LogP contribution in [-0.4, -0.2) is 43.8 Å². The van der Waals surface area contributed by atoms with Crippen LogP contribution in [-0.2, 0) is 6.42 Å². The fourth-order valence-corrected chi connectivity index (χ4v) is 2.16. The molecule has 108 valence electrons. The second-order valence-electron chi connectivity index (χ2n) is 4.76. The number of aromatic nitrogens is 6. The van der Waals surface area contributed by atoms with Crippen molar-refractivity contribution in [3.8, 4) is 16.9 Å². The first-order valence-corrected chi connectivity index (χ1v) is 6.89. The van der Waals surface area contributed by atoms with Gasteiger partial charge in [-0.05, 0) is 42.6 Å². The van der Waals surface area contributed by atoms with E-state index in [0.717, 1.165) is 42.2 Å². The van der Waals surface area contributed by atoms with Crippen molar-refractivity contribution < 1.29 is 0 Å². The van der Waals surface area contributed by atoms with Crippen molar-refractivity contribution in [1.29, 1.82) is 0 Å². The van der Waals surface area contributed by atoms with Gasteiger partial charge < -0.3 is 10.3 Å². The Morgan fingerprint density at radius 1 is 1.33 bits per heavy atom. The van der Waals surface area contributed by atoms with Crippen LogP contribution in [0.3, 0.4) is 0 Å². The Hall–Kier alpha value is -2.54. The van der Waals surface area contributed by atoms with Gasteiger partial charge in [-0.15, -0.1) is 5.10 Å². The van der Waals surface area contributed by atoms with Gasteiger partial charge in [0.05, 0.1) is 17.6 Å². The van der Waals surface area contributed by atoms with Crippen LogP contribution in [0.5, 0.6) is 0 Å². The van der Waals surface area contributed by atoms with Crippen LogP contribution in [0.1, 0.15) is 12.2 Å². The Morgan fingerprint density at radius 2 is 2.29 bits per heavy atom. The van der Waals surface area contributed by atoms with E-state index in [2.05, 4.69) is 30.8 Å². The Balaban J connectivity index is 1.79. The molecule has 3 aromatic rings. The summed E-state index contributed by atoms with van der Waals surface area (Å²) in [5.74, 6) is 1.01. The summed E-state index contributed by atoms with van der Waals surface area (Å²) in [4.78, 5) is 7.79. The molecule has 0 spiro atoms. The third-order valence-corrected chi connectivity index (χ3v) is 3.24. The zero-order valence-corrected chi connectivity index (χ0v) is 11.8. The number of H-pyrrole nitrogens is 1. The van der Waals surface area contributed by atoms with Crippen molar-refractivity contribution in [2.45, 2.75) is 12.8 Å². The molecule has 2 heterocycles. The van der Waals surface area contributed by atoms with Crippen molar-refractivity contribution >= 4 is 0 Å². The van der Waals surface area contributed by atoms with E-state index in [4.69, 9.17) is 0 Å². The van der Waals surface area contributed by atoms with Crippen molar-refractivity contribution in [3.63, 3.8) is 0 Å². The summed E-state index contributed by atoms with van der Waals surface area (Å²) in [6.45, 7) is 0.991. The number of rotatable bonds is 6. The number of hydrogen-bond acceptors (Lipinski definition) is 5. The summed E-state index contributed by atoms with van der Waals surface area (Å²) in [6, 6.07) is 8.01. The molecule has 3 rings (SSSR count). The first-order chi connectivity index (χ1) is 10.4. The number of hydrogen-bond donors (Lipinski definition) is 2. The van der Waals surface area contributed by atoms with Gasteiger partial charge in [-0.2, -0.15) is 0 Å². The standard InChI is InChI=1S/C14H17N7/c1-15-7-3-6-14-16-9-13(18-14)11-4-2-5-12(8-11)21-10-17-19-20-21/h2,4-5,8-10,15H,3,6-7H2,1H3,(H,16,18). The molecule has 0 saturated heterocycles. The zero-order chi connectivity index (χ0) is 14.5. The van der Waals surface area contributed by atoms with Gasteiger partial charge in [0.15, 0.2) is 0 Å². The van der Waals surface area contributed by atoms with Crippen LogP contribution < -0.4 is 5.32 Å². The molecule has 2 N–H and O–H groups in total. The number of tetrazole rings is 1. The van der Waals surface area contributed by atoms with Crippen molar-refractivity contribution in [1.82, 2.24) is 35.5 Å². The predicted molar refractivity (Wildman–Crippen MR) is 79.0 cm³/mol. The van der Waals surface area contributed by atoms with Gasteiger partial charge in [0.25, 0.3) is 0 Å². The second kappa shape index (κ2) is 6.27. The maximum absolute atomic E-state index is 4.43. The first-order valence-electron chi connectivity index (χ1n) is 6.89. The number of imidazole rings is 1. The summed E-state index contributed by atoms with van der Waals surface area (Å²) in [5.41, 5.74) is 2.99. The quantitative estimate of drug-likeness (QED) is 0.664. The first kappa shape index (κ1) is 13.4. The molecule has 0 radical (unpaired) electrons. The molecule has 0 fully saturated rings. The van der Waals surface area contributed by atoms with Gasteiger partial charge in [-0.1, -0.05) is 12.1 Å². The molecule has 0 atom stereocenters. The number of nitrogens with zero attached hydrogens (tertiary/aromatic N) is 5. The minimum atomic E-state index is 0.920. The topological polar surface area (TPSA) is 84.3 Å². The lowest BCUT2D eigenvalue weighted by Gasteiger charge is -2.02. The van der Waals surface area contributed by atoms with Gasteiger partial charge in [0, 0.05) is 12.0 Å². The van der Waals surface area contributed by atoms with Crippen molar-refractivity contribution in [2.24, 2.45) is 0 Å². The highest BCUT2D eigenvalue weighted by atomic mass is 15.5. The molecule has 0 bridgehead atoms. The molecule has 0 amide bonds. The van der Waals surface area contributed by atoms with E-state index in [1.54, 1.807) is 11.0 Å². The smallest absolute Gasteiger partial charge is 0.143 e. The van der Waals surface area contributed by atoms with E-state index < -0.39 is 0 Å². The highest BCUT2D eigenvalue weighted by Gasteiger charge is 2.05. The van der Waals surface area contributed by atoms with Gasteiger partial charge >= 0.3 is 0 Å². The third kappa shape index (κ3) is 3.14. The van der Waals surface area contributed by atoms with Crippen LogP contribution in [0, 0.1) is 0 Å². The monoisotopic (exact) mass is 283 g/mol. The molecular weight excluding hydrogens is 266 g/mol. The summed E-state index contributed by atoms with van der Waals surface area (Å²) < 4.78 is 1.63. The molecule has 0 saturated carbocycles. The fourth-order valence-electron chi connectivity index (χ4n) is 2.16. The number of aromatic amines is 1. The van der Waals surface area contributed by atoms with Gasteiger partial charge in [-0.3, -0.25) is 0 Å². The number of aryl methyl sites for hydroxylation is 1. The van der Waals surface area contributed by atoms with Gasteiger partial charge in [-0.25, -0.2) is 9.67 Å². The molecule has 7 heteroatoms. The van der Waals surface area contributed by atoms with E-state index in [-0.39, 0.29) is 0 Å². The average molecular weight is 283 g/mol. The van der Waals surface area contributed by atoms with Crippen molar-refractivity contribution in [3.05, 3.63) is 42.6 Å². The lowest BCUT2D eigenvalue weighted by Crippen LogP contribution is -2.08. The maximum Gasteiger partial charge on any atom is 0.143 e. The Labute approximate surface area is 122 Å². The Morgan fingerprint density at radius 3 is 3.10 bits per heavy atom. The molecule has 0 unspecified atom stereocenters. The maximum atomic E-state index is 4.43. The summed E-state index contributed by atoms with van der Waals surface area (Å²) in [7, 11) is 1.96. The molecule has 0 aliphatic carbocycles. The lowest BCUT2D eigenvalue weighted by molar-refractivity contribution is 0.707. The van der Waals surface area contributed by atoms with Gasteiger partial charge in [0.2, 0.25) is 0 Å². The Bertz CT molecular complexity index is 687. The SMILES string of the molecule is CNCCCc1ncc(-c2cccc(-n3cnnn3)c2)[nH]1. The van der Waals surface area contributed by atoms with E-state index in [9.17, 15) is 0 Å². The zero-order valence-electron chi connectivity index (χ0n) is 11.8. The van der Waals surface area contributed by atoms with Crippen LogP contribution in [0.15, 0.2) is 36.8 Å². The second-order valence-corrected chi connectivity index (χ2v) is 4.76. The summed E-state index contributed by atoms with van der Waals surface area (Å²) in [5, 5.41) is 14.3. The van der Waals surface area contributed by atoms with Crippen molar-refractivity contribution in [2.75, 3.05) is 13.6 Å². The highest BCUT2D eigenvalue weighted by Crippen LogP contribution is 2.20. The lowest BCUT2D eigenvalue weighted by atomic mass is 10.1. The highest BCUT2D eigenvalue weighted by molar-refractivity contribution is 5.61. The molecular formula is C14H17N7. The number of nitrogens with one attached hydrogen (secondary N) is 2. The third-order valence-electron chi connectivity index (χ3n) is 3.24. The van der Waals surface area contributed by atoms with E-state index in [1.165, 1.54) is 0 Å². The average Bonchev–Trinajstić information content (AvgIpc) is 3.20. The van der Waals surface area contributed by atoms with Crippen LogP contribution in [0.2, 0.25) is 0 Å². The van der Waals surface area contributed by atoms with E-state index >= 15 is 0 Å². The normalized spacial score (nSPS) is 10.9. The molecule has 0 aliphatic rings. The van der Waals surface area contributed by atoms with E-state index in [0.29, 0.717) is 0 Å². The van der Waals surface area contributed by atoms with Crippen LogP contribution in [0.25, 0.3) is 16.9 Å². The number of benzene rings is 1. The minimum absolute atomic E-state index is 0.920. The minimum Gasteiger partial charge on any atom is -0.342 e. The Kier molecular flexibility index (Phi) is 4.02. The molecule has 1 aromatic carbocycles.